The van der Waals surface area contributed by atoms with Gasteiger partial charge in [0.1, 0.15) is 11.3 Å². The smallest absolute Gasteiger partial charge is 0.422 e. The van der Waals surface area contributed by atoms with Crippen molar-refractivity contribution in [1.82, 2.24) is 0 Å². The summed E-state index contributed by atoms with van der Waals surface area (Å²) in [7, 11) is -9.84. The number of benzene rings is 1. The van der Waals surface area contributed by atoms with Crippen LogP contribution in [0.3, 0.4) is 0 Å². The normalized spacial score (nSPS) is 13.1. The first-order chi connectivity index (χ1) is 12.4. The maximum Gasteiger partial charge on any atom is 0.534 e. The molecule has 0 spiro atoms. The van der Waals surface area contributed by atoms with Gasteiger partial charge in [0, 0.05) is 11.5 Å². The predicted octanol–water partition coefficient (Wildman–Crippen LogP) is 2.91. The van der Waals surface area contributed by atoms with Crippen LogP contribution in [0.5, 0.6) is 5.75 Å². The second-order valence-electron chi connectivity index (χ2n) is 4.93. The monoisotopic (exact) mass is 430 g/mol. The zero-order chi connectivity index (χ0) is 20.5. The molecule has 0 unspecified atom stereocenters. The molecule has 2 aromatic rings. The van der Waals surface area contributed by atoms with Crippen LogP contribution in [-0.4, -0.2) is 27.1 Å². The first-order valence-corrected chi connectivity index (χ1v) is 10.4. The zero-order valence-corrected chi connectivity index (χ0v) is 15.7. The predicted molar refractivity (Wildman–Crippen MR) is 88.6 cm³/mol. The molecule has 1 heterocycles. The maximum absolute atomic E-state index is 12.7. The van der Waals surface area contributed by atoms with Crippen LogP contribution in [0.2, 0.25) is 0 Å². The van der Waals surface area contributed by atoms with Crippen LogP contribution >= 0.6 is 7.60 Å². The van der Waals surface area contributed by atoms with Crippen molar-refractivity contribution in [3.05, 3.63) is 34.7 Å². The number of halogens is 3. The molecular weight excluding hydrogens is 416 g/mol. The third-order valence-corrected chi connectivity index (χ3v) is 6.15. The summed E-state index contributed by atoms with van der Waals surface area (Å²) >= 11 is 0. The van der Waals surface area contributed by atoms with Crippen LogP contribution in [0.1, 0.15) is 13.8 Å². The van der Waals surface area contributed by atoms with E-state index in [-0.39, 0.29) is 24.2 Å². The number of rotatable bonds is 7. The van der Waals surface area contributed by atoms with E-state index in [0.29, 0.717) is 0 Å². The minimum atomic E-state index is -5.88. The molecule has 2 rings (SSSR count). The van der Waals surface area contributed by atoms with Gasteiger partial charge < -0.3 is 17.6 Å². The molecule has 0 fully saturated rings. The molecule has 0 aliphatic rings. The number of alkyl halides is 3. The van der Waals surface area contributed by atoms with Crippen molar-refractivity contribution < 1.29 is 43.8 Å². The Kier molecular flexibility index (Phi) is 6.05. The fraction of sp³-hybridized carbons (Fsp3) is 0.357. The summed E-state index contributed by atoms with van der Waals surface area (Å²) in [5.41, 5.74) is -7.00. The Labute approximate surface area is 151 Å². The van der Waals surface area contributed by atoms with Crippen molar-refractivity contribution >= 4 is 34.0 Å². The highest BCUT2D eigenvalue weighted by molar-refractivity contribution is 7.88. The lowest BCUT2D eigenvalue weighted by atomic mass is 10.2. The third-order valence-electron chi connectivity index (χ3n) is 3.07. The molecule has 150 valence electrons. The van der Waals surface area contributed by atoms with Crippen LogP contribution in [0.15, 0.2) is 33.5 Å². The molecule has 1 aromatic carbocycles. The Bertz CT molecular complexity index is 1030. The zero-order valence-electron chi connectivity index (χ0n) is 14.0. The van der Waals surface area contributed by atoms with Gasteiger partial charge in [0.05, 0.1) is 13.2 Å². The minimum Gasteiger partial charge on any atom is -0.422 e. The van der Waals surface area contributed by atoms with E-state index in [0.717, 1.165) is 24.3 Å². The van der Waals surface area contributed by atoms with Gasteiger partial charge in [-0.1, -0.05) is 0 Å². The average Bonchev–Trinajstić information content (AvgIpc) is 2.53. The van der Waals surface area contributed by atoms with E-state index in [1.54, 1.807) is 13.8 Å². The molecule has 0 aliphatic carbocycles. The SMILES string of the molecule is CCOP(=O)(OCC)c1cc2ccc(OS(=O)(=O)C(F)(F)F)cc2oc1=O. The molecule has 1 aromatic heterocycles. The Hall–Kier alpha value is -1.88. The largest absolute Gasteiger partial charge is 0.534 e. The van der Waals surface area contributed by atoms with E-state index in [4.69, 9.17) is 13.5 Å². The Morgan fingerprint density at radius 2 is 1.70 bits per heavy atom. The van der Waals surface area contributed by atoms with E-state index < -0.39 is 39.9 Å². The van der Waals surface area contributed by atoms with Crippen LogP contribution in [0.25, 0.3) is 11.0 Å². The van der Waals surface area contributed by atoms with Crippen molar-refractivity contribution in [2.75, 3.05) is 13.2 Å². The van der Waals surface area contributed by atoms with Gasteiger partial charge in [-0.15, -0.1) is 0 Å². The molecule has 0 radical (unpaired) electrons. The lowest BCUT2D eigenvalue weighted by Gasteiger charge is -2.16. The highest BCUT2D eigenvalue weighted by Gasteiger charge is 2.48. The van der Waals surface area contributed by atoms with Crippen molar-refractivity contribution in [3.63, 3.8) is 0 Å². The summed E-state index contributed by atoms with van der Waals surface area (Å²) < 4.78 is 91.0. The first kappa shape index (κ1) is 21.4. The molecule has 0 amide bonds. The molecule has 0 saturated carbocycles. The highest BCUT2D eigenvalue weighted by Crippen LogP contribution is 2.46. The summed E-state index contributed by atoms with van der Waals surface area (Å²) in [5, 5.41) is -0.253. The van der Waals surface area contributed by atoms with Crippen molar-refractivity contribution in [2.45, 2.75) is 19.4 Å². The van der Waals surface area contributed by atoms with Gasteiger partial charge in [0.15, 0.2) is 5.30 Å². The quantitative estimate of drug-likeness (QED) is 0.286. The van der Waals surface area contributed by atoms with Crippen molar-refractivity contribution in [2.24, 2.45) is 0 Å². The topological polar surface area (TPSA) is 109 Å². The molecule has 0 saturated heterocycles. The summed E-state index contributed by atoms with van der Waals surface area (Å²) in [6.07, 6.45) is 0. The van der Waals surface area contributed by atoms with Crippen molar-refractivity contribution in [1.29, 1.82) is 0 Å². The molecule has 0 aliphatic heterocycles. The Balaban J connectivity index is 2.52. The van der Waals surface area contributed by atoms with Gasteiger partial charge in [-0.3, -0.25) is 4.57 Å². The molecular formula is C14H14F3O8PS. The van der Waals surface area contributed by atoms with Crippen LogP contribution < -0.4 is 15.1 Å². The highest BCUT2D eigenvalue weighted by atomic mass is 32.2. The number of hydrogen-bond acceptors (Lipinski definition) is 8. The van der Waals surface area contributed by atoms with Crippen molar-refractivity contribution in [3.8, 4) is 5.75 Å². The van der Waals surface area contributed by atoms with E-state index in [1.165, 1.54) is 0 Å². The van der Waals surface area contributed by atoms with Crippen LogP contribution in [0.4, 0.5) is 13.2 Å². The molecule has 0 bridgehead atoms. The van der Waals surface area contributed by atoms with Gasteiger partial charge in [0.25, 0.3) is 0 Å². The summed E-state index contributed by atoms with van der Waals surface area (Å²) in [6.45, 7) is 3.05. The lowest BCUT2D eigenvalue weighted by molar-refractivity contribution is -0.0500. The van der Waals surface area contributed by atoms with E-state index in [1.807, 2.05) is 0 Å². The minimum absolute atomic E-state index is 0.0170. The van der Waals surface area contributed by atoms with Gasteiger partial charge >= 0.3 is 28.8 Å². The number of hydrogen-bond donors (Lipinski definition) is 0. The molecule has 0 atom stereocenters. The third kappa shape index (κ3) is 4.52. The fourth-order valence-corrected chi connectivity index (χ4v) is 4.06. The Morgan fingerprint density at radius 3 is 2.22 bits per heavy atom. The lowest BCUT2D eigenvalue weighted by Crippen LogP contribution is -2.28. The van der Waals surface area contributed by atoms with Gasteiger partial charge in [-0.2, -0.15) is 21.6 Å². The first-order valence-electron chi connectivity index (χ1n) is 7.42. The molecule has 27 heavy (non-hydrogen) atoms. The molecule has 8 nitrogen and oxygen atoms in total. The van der Waals surface area contributed by atoms with E-state index in [9.17, 15) is 30.9 Å². The maximum atomic E-state index is 12.7. The van der Waals surface area contributed by atoms with E-state index >= 15 is 0 Å². The van der Waals surface area contributed by atoms with Crippen LogP contribution in [0, 0.1) is 0 Å². The summed E-state index contributed by atoms with van der Waals surface area (Å²) in [4.78, 5) is 12.1. The summed E-state index contributed by atoms with van der Waals surface area (Å²) in [5.74, 6) is -0.714. The second-order valence-corrected chi connectivity index (χ2v) is 8.47. The fourth-order valence-electron chi connectivity index (χ4n) is 2.01. The average molecular weight is 430 g/mol. The van der Waals surface area contributed by atoms with Crippen LogP contribution in [-0.2, 0) is 23.7 Å². The molecule has 13 heteroatoms. The van der Waals surface area contributed by atoms with Gasteiger partial charge in [-0.05, 0) is 32.0 Å². The second kappa shape index (κ2) is 7.63. The standard InChI is InChI=1S/C14H14F3O8PS/c1-3-22-26(19,23-4-2)12-7-9-5-6-10(8-11(9)24-13(12)18)25-27(20,21)14(15,16)17/h5-8H,3-4H2,1-2H3. The van der Waals surface area contributed by atoms with Gasteiger partial charge in [0.2, 0.25) is 0 Å². The Morgan fingerprint density at radius 1 is 1.11 bits per heavy atom. The van der Waals surface area contributed by atoms with Gasteiger partial charge in [-0.25, -0.2) is 4.79 Å². The number of fused-ring (bicyclic) bond motifs is 1. The van der Waals surface area contributed by atoms with E-state index in [2.05, 4.69) is 4.18 Å². The molecule has 0 N–H and O–H groups in total. The summed E-state index contributed by atoms with van der Waals surface area (Å²) in [6, 6.07) is 3.97.